The van der Waals surface area contributed by atoms with Crippen molar-refractivity contribution in [3.05, 3.63) is 34.9 Å². The Balaban J connectivity index is 1.87. The lowest BCUT2D eigenvalue weighted by Crippen LogP contribution is -2.89. The van der Waals surface area contributed by atoms with Gasteiger partial charge in [0.1, 0.15) is 6.54 Å². The molecule has 1 heterocycles. The van der Waals surface area contributed by atoms with E-state index in [-0.39, 0.29) is 6.04 Å². The summed E-state index contributed by atoms with van der Waals surface area (Å²) in [7, 11) is 0. The van der Waals surface area contributed by atoms with E-state index < -0.39 is 0 Å². The predicted molar refractivity (Wildman–Crippen MR) is 63.0 cm³/mol. The lowest BCUT2D eigenvalue weighted by Gasteiger charge is -2.06. The Hall–Kier alpha value is -0.510. The molecule has 4 heteroatoms. The monoisotopic (exact) mass is 242 g/mol. The maximum atomic E-state index is 11.4. The van der Waals surface area contributed by atoms with E-state index in [2.05, 4.69) is 5.32 Å². The van der Waals surface area contributed by atoms with Gasteiger partial charge < -0.3 is 5.32 Å². The minimum atomic E-state index is 0.158. The van der Waals surface area contributed by atoms with E-state index in [4.69, 9.17) is 11.6 Å². The van der Waals surface area contributed by atoms with E-state index >= 15 is 0 Å². The van der Waals surface area contributed by atoms with Crippen LogP contribution in [0.4, 0.5) is 0 Å². The number of rotatable bonds is 3. The molecule has 80 valence electrons. The first-order chi connectivity index (χ1) is 7.25. The minimum Gasteiger partial charge on any atom is -0.333 e. The second-order valence-electron chi connectivity index (χ2n) is 3.63. The Labute approximate surface area is 98.4 Å². The van der Waals surface area contributed by atoms with E-state index in [0.717, 1.165) is 23.7 Å². The third kappa shape index (κ3) is 2.97. The number of carbonyl (C=O) groups excluding carboxylic acids is 1. The van der Waals surface area contributed by atoms with Crippen molar-refractivity contribution in [2.45, 2.75) is 19.0 Å². The number of nitrogens with two attached hydrogens (primary N) is 1. The van der Waals surface area contributed by atoms with Gasteiger partial charge in [-0.3, -0.25) is 4.79 Å². The molecule has 1 aromatic rings. The average Bonchev–Trinajstić information content (AvgIpc) is 2.63. The van der Waals surface area contributed by atoms with E-state index in [1.165, 1.54) is 17.3 Å². The highest BCUT2D eigenvalue weighted by molar-refractivity contribution is 8.14. The van der Waals surface area contributed by atoms with E-state index in [9.17, 15) is 4.79 Å². The van der Waals surface area contributed by atoms with Crippen LogP contribution in [0, 0.1) is 0 Å². The van der Waals surface area contributed by atoms with Crippen LogP contribution in [0.5, 0.6) is 0 Å². The van der Waals surface area contributed by atoms with Crippen LogP contribution in [-0.4, -0.2) is 16.9 Å². The second kappa shape index (κ2) is 5.01. The standard InChI is InChI=1S/C11H12ClNOS/c12-9-3-1-8(2-4-9)7-13-10-5-6-15-11(10)14/h1-4,10,13H,5-7H2/p+1/t10-/m0/s1. The van der Waals surface area contributed by atoms with Gasteiger partial charge in [0.15, 0.2) is 6.04 Å². The quantitative estimate of drug-likeness (QED) is 0.870. The molecular weight excluding hydrogens is 230 g/mol. The highest BCUT2D eigenvalue weighted by Gasteiger charge is 2.27. The molecule has 1 aliphatic rings. The van der Waals surface area contributed by atoms with E-state index in [1.54, 1.807) is 0 Å². The summed E-state index contributed by atoms with van der Waals surface area (Å²) >= 11 is 7.25. The Kier molecular flexibility index (Phi) is 3.67. The zero-order chi connectivity index (χ0) is 10.7. The lowest BCUT2D eigenvalue weighted by atomic mass is 10.2. The summed E-state index contributed by atoms with van der Waals surface area (Å²) in [6.45, 7) is 0.855. The van der Waals surface area contributed by atoms with Gasteiger partial charge in [0.25, 0.3) is 0 Å². The zero-order valence-corrected chi connectivity index (χ0v) is 9.85. The average molecular weight is 243 g/mol. The number of hydrogen-bond donors (Lipinski definition) is 1. The van der Waals surface area contributed by atoms with Crippen molar-refractivity contribution in [3.8, 4) is 0 Å². The third-order valence-corrected chi connectivity index (χ3v) is 3.81. The fourth-order valence-electron chi connectivity index (χ4n) is 1.62. The van der Waals surface area contributed by atoms with E-state index in [1.807, 2.05) is 24.3 Å². The molecule has 2 rings (SSSR count). The van der Waals surface area contributed by atoms with Crippen LogP contribution in [0.15, 0.2) is 24.3 Å². The summed E-state index contributed by atoms with van der Waals surface area (Å²) in [4.78, 5) is 11.4. The van der Waals surface area contributed by atoms with Crippen LogP contribution in [0.2, 0.25) is 5.02 Å². The Bertz CT molecular complexity index is 352. The molecule has 0 saturated carbocycles. The second-order valence-corrected chi connectivity index (χ2v) is 5.16. The molecule has 0 spiro atoms. The van der Waals surface area contributed by atoms with Crippen molar-refractivity contribution in [1.29, 1.82) is 0 Å². The summed E-state index contributed by atoms with van der Waals surface area (Å²) in [5.41, 5.74) is 1.21. The van der Waals surface area contributed by atoms with Crippen molar-refractivity contribution in [2.24, 2.45) is 0 Å². The molecule has 0 amide bonds. The van der Waals surface area contributed by atoms with Gasteiger partial charge in [-0.05, 0) is 12.1 Å². The van der Waals surface area contributed by atoms with Gasteiger partial charge in [-0.25, -0.2) is 0 Å². The third-order valence-electron chi connectivity index (χ3n) is 2.53. The first-order valence-corrected chi connectivity index (χ1v) is 6.36. The molecule has 0 aliphatic carbocycles. The zero-order valence-electron chi connectivity index (χ0n) is 8.28. The van der Waals surface area contributed by atoms with Crippen molar-refractivity contribution in [1.82, 2.24) is 0 Å². The SMILES string of the molecule is O=C1SCC[C@@H]1[NH2+]Cc1ccc(Cl)cc1. The molecule has 2 nitrogen and oxygen atoms in total. The van der Waals surface area contributed by atoms with Gasteiger partial charge in [0, 0.05) is 22.8 Å². The summed E-state index contributed by atoms with van der Waals surface area (Å²) < 4.78 is 0. The number of thioether (sulfide) groups is 1. The molecular formula is C11H13ClNOS+. The number of benzene rings is 1. The van der Waals surface area contributed by atoms with Crippen LogP contribution >= 0.6 is 23.4 Å². The molecule has 0 bridgehead atoms. The van der Waals surface area contributed by atoms with Gasteiger partial charge in [-0.1, -0.05) is 35.5 Å². The Morgan fingerprint density at radius 3 is 2.73 bits per heavy atom. The molecule has 1 atom stereocenters. The molecule has 0 unspecified atom stereocenters. The molecule has 0 aromatic heterocycles. The normalized spacial score (nSPS) is 20.9. The predicted octanol–water partition coefficient (Wildman–Crippen LogP) is 1.44. The molecule has 2 N–H and O–H groups in total. The van der Waals surface area contributed by atoms with Gasteiger partial charge in [-0.15, -0.1) is 0 Å². The highest BCUT2D eigenvalue weighted by Crippen LogP contribution is 2.16. The largest absolute Gasteiger partial charge is 0.333 e. The van der Waals surface area contributed by atoms with Crippen molar-refractivity contribution in [3.63, 3.8) is 0 Å². The molecule has 15 heavy (non-hydrogen) atoms. The molecule has 1 saturated heterocycles. The summed E-state index contributed by atoms with van der Waals surface area (Å²) in [6.07, 6.45) is 0.997. The fourth-order valence-corrected chi connectivity index (χ4v) is 2.75. The fraction of sp³-hybridized carbons (Fsp3) is 0.364. The molecule has 1 aromatic carbocycles. The van der Waals surface area contributed by atoms with Crippen LogP contribution in [-0.2, 0) is 11.3 Å². The number of quaternary nitrogens is 1. The summed E-state index contributed by atoms with van der Waals surface area (Å²) in [6, 6.07) is 7.94. The first kappa shape index (κ1) is 11.0. The van der Waals surface area contributed by atoms with Crippen LogP contribution in [0.3, 0.4) is 0 Å². The minimum absolute atomic E-state index is 0.158. The lowest BCUT2D eigenvalue weighted by molar-refractivity contribution is -0.690. The smallest absolute Gasteiger partial charge is 0.246 e. The number of hydrogen-bond acceptors (Lipinski definition) is 2. The molecule has 1 aliphatic heterocycles. The van der Waals surface area contributed by atoms with Crippen molar-refractivity contribution < 1.29 is 10.1 Å². The van der Waals surface area contributed by atoms with Gasteiger partial charge in [-0.2, -0.15) is 0 Å². The van der Waals surface area contributed by atoms with Crippen LogP contribution in [0.25, 0.3) is 0 Å². The van der Waals surface area contributed by atoms with Crippen molar-refractivity contribution in [2.75, 3.05) is 5.75 Å². The molecule has 1 fully saturated rings. The maximum absolute atomic E-state index is 11.4. The van der Waals surface area contributed by atoms with Gasteiger partial charge >= 0.3 is 0 Å². The summed E-state index contributed by atoms with van der Waals surface area (Å²) in [5.74, 6) is 0.973. The van der Waals surface area contributed by atoms with Crippen LogP contribution < -0.4 is 5.32 Å². The topological polar surface area (TPSA) is 33.7 Å². The number of carbonyl (C=O) groups is 1. The highest BCUT2D eigenvalue weighted by atomic mass is 35.5. The number of halogens is 1. The Morgan fingerprint density at radius 2 is 2.13 bits per heavy atom. The van der Waals surface area contributed by atoms with Crippen LogP contribution in [0.1, 0.15) is 12.0 Å². The maximum Gasteiger partial charge on any atom is 0.246 e. The molecule has 0 radical (unpaired) electrons. The Morgan fingerprint density at radius 1 is 1.40 bits per heavy atom. The summed E-state index contributed by atoms with van der Waals surface area (Å²) in [5, 5.41) is 3.20. The van der Waals surface area contributed by atoms with Gasteiger partial charge in [0.05, 0.1) is 0 Å². The van der Waals surface area contributed by atoms with Crippen molar-refractivity contribution >= 4 is 28.5 Å². The first-order valence-electron chi connectivity index (χ1n) is 5.00. The van der Waals surface area contributed by atoms with E-state index in [0.29, 0.717) is 5.12 Å². The van der Waals surface area contributed by atoms with Gasteiger partial charge in [0.2, 0.25) is 5.12 Å².